The first-order valence-electron chi connectivity index (χ1n) is 9.17. The molecular weight excluding hydrogens is 412 g/mol. The van der Waals surface area contributed by atoms with Crippen LogP contribution in [0.2, 0.25) is 5.02 Å². The largest absolute Gasteiger partial charge is 0.305 e. The molecule has 4 rings (SSSR count). The molecule has 0 unspecified atom stereocenters. The molecule has 0 spiro atoms. The highest BCUT2D eigenvalue weighted by atomic mass is 35.5. The van der Waals surface area contributed by atoms with Crippen molar-refractivity contribution in [2.45, 2.75) is 17.7 Å². The molecular formula is C20H19ClN4O3S. The van der Waals surface area contributed by atoms with Crippen molar-refractivity contribution >= 4 is 33.3 Å². The summed E-state index contributed by atoms with van der Waals surface area (Å²) in [5.41, 5.74) is 0.936. The molecule has 1 fully saturated rings. The number of nitrogens with one attached hydrogen (secondary N) is 1. The number of carbonyl (C=O) groups excluding carboxylic acids is 1. The number of carbonyl (C=O) groups is 1. The summed E-state index contributed by atoms with van der Waals surface area (Å²) in [7, 11) is -3.64. The molecule has 9 heteroatoms. The van der Waals surface area contributed by atoms with E-state index in [-0.39, 0.29) is 15.5 Å². The van der Waals surface area contributed by atoms with Gasteiger partial charge in [-0.3, -0.25) is 4.79 Å². The number of benzene rings is 2. The molecule has 0 atom stereocenters. The molecule has 1 amide bonds. The minimum atomic E-state index is -3.64. The molecule has 29 heavy (non-hydrogen) atoms. The van der Waals surface area contributed by atoms with E-state index in [1.54, 1.807) is 16.9 Å². The van der Waals surface area contributed by atoms with Gasteiger partial charge in [0.05, 0.1) is 21.2 Å². The molecule has 2 heterocycles. The molecule has 0 aliphatic carbocycles. The highest BCUT2D eigenvalue weighted by Gasteiger charge is 2.28. The zero-order valence-electron chi connectivity index (χ0n) is 15.5. The van der Waals surface area contributed by atoms with Crippen LogP contribution in [-0.4, -0.2) is 41.5 Å². The van der Waals surface area contributed by atoms with E-state index in [4.69, 9.17) is 11.6 Å². The standard InChI is InChI=1S/C20H19ClN4O3S/c21-18-9-8-16(29(27,28)24-11-4-5-12-24)14-17(18)20(26)22-19-10-13-25(23-19)15-6-2-1-3-7-15/h1-3,6-10,13-14H,4-5,11-12H2,(H,22,23,26). The van der Waals surface area contributed by atoms with Crippen molar-refractivity contribution in [2.75, 3.05) is 18.4 Å². The van der Waals surface area contributed by atoms with Gasteiger partial charge in [-0.15, -0.1) is 0 Å². The number of para-hydroxylation sites is 1. The molecule has 1 aliphatic heterocycles. The molecule has 0 radical (unpaired) electrons. The fraction of sp³-hybridized carbons (Fsp3) is 0.200. The summed E-state index contributed by atoms with van der Waals surface area (Å²) in [6, 6.07) is 15.3. The van der Waals surface area contributed by atoms with Gasteiger partial charge in [-0.2, -0.15) is 9.40 Å². The van der Waals surface area contributed by atoms with Crippen molar-refractivity contribution in [2.24, 2.45) is 0 Å². The number of rotatable bonds is 5. The summed E-state index contributed by atoms with van der Waals surface area (Å²) in [5, 5.41) is 7.17. The fourth-order valence-corrected chi connectivity index (χ4v) is 4.96. The van der Waals surface area contributed by atoms with Crippen LogP contribution in [0.1, 0.15) is 23.2 Å². The SMILES string of the molecule is O=C(Nc1ccn(-c2ccccc2)n1)c1cc(S(=O)(=O)N2CCCC2)ccc1Cl. The average molecular weight is 431 g/mol. The number of nitrogens with zero attached hydrogens (tertiary/aromatic N) is 3. The first-order chi connectivity index (χ1) is 13.9. The Balaban J connectivity index is 1.57. The second-order valence-electron chi connectivity index (χ2n) is 6.69. The van der Waals surface area contributed by atoms with Gasteiger partial charge in [0.25, 0.3) is 5.91 Å². The first kappa shape index (κ1) is 19.6. The summed E-state index contributed by atoms with van der Waals surface area (Å²) < 4.78 is 28.6. The lowest BCUT2D eigenvalue weighted by Gasteiger charge is -2.16. The summed E-state index contributed by atoms with van der Waals surface area (Å²) in [6.07, 6.45) is 3.40. The van der Waals surface area contributed by atoms with Gasteiger partial charge in [0.15, 0.2) is 5.82 Å². The lowest BCUT2D eigenvalue weighted by atomic mass is 10.2. The van der Waals surface area contributed by atoms with Crippen molar-refractivity contribution in [3.63, 3.8) is 0 Å². The predicted molar refractivity (Wildman–Crippen MR) is 111 cm³/mol. The van der Waals surface area contributed by atoms with Crippen LogP contribution in [0.3, 0.4) is 0 Å². The molecule has 1 aromatic heterocycles. The van der Waals surface area contributed by atoms with Crippen molar-refractivity contribution in [1.29, 1.82) is 0 Å². The Labute approximate surface area is 174 Å². The van der Waals surface area contributed by atoms with Crippen LogP contribution in [-0.2, 0) is 10.0 Å². The van der Waals surface area contributed by atoms with Gasteiger partial charge in [0, 0.05) is 25.4 Å². The van der Waals surface area contributed by atoms with E-state index in [0.29, 0.717) is 18.9 Å². The van der Waals surface area contributed by atoms with Gasteiger partial charge in [0.1, 0.15) is 0 Å². The molecule has 0 bridgehead atoms. The van der Waals surface area contributed by atoms with Crippen LogP contribution in [0.4, 0.5) is 5.82 Å². The number of anilines is 1. The normalized spacial score (nSPS) is 14.8. The highest BCUT2D eigenvalue weighted by Crippen LogP contribution is 2.26. The quantitative estimate of drug-likeness (QED) is 0.670. The third-order valence-corrected chi connectivity index (χ3v) is 6.96. The minimum absolute atomic E-state index is 0.0590. The Morgan fingerprint density at radius 1 is 1.03 bits per heavy atom. The van der Waals surface area contributed by atoms with Gasteiger partial charge in [-0.05, 0) is 43.2 Å². The lowest BCUT2D eigenvalue weighted by molar-refractivity contribution is 0.102. The van der Waals surface area contributed by atoms with Crippen LogP contribution in [0.25, 0.3) is 5.69 Å². The Morgan fingerprint density at radius 3 is 2.48 bits per heavy atom. The number of hydrogen-bond acceptors (Lipinski definition) is 4. The molecule has 1 aliphatic rings. The van der Waals surface area contributed by atoms with Crippen LogP contribution < -0.4 is 5.32 Å². The molecule has 7 nitrogen and oxygen atoms in total. The van der Waals surface area contributed by atoms with Gasteiger partial charge < -0.3 is 5.32 Å². The van der Waals surface area contributed by atoms with E-state index < -0.39 is 15.9 Å². The summed E-state index contributed by atoms with van der Waals surface area (Å²) in [5.74, 6) is -0.186. The second-order valence-corrected chi connectivity index (χ2v) is 9.03. The summed E-state index contributed by atoms with van der Waals surface area (Å²) >= 11 is 6.17. The monoisotopic (exact) mass is 430 g/mol. The third-order valence-electron chi connectivity index (χ3n) is 4.74. The number of amides is 1. The van der Waals surface area contributed by atoms with E-state index in [9.17, 15) is 13.2 Å². The van der Waals surface area contributed by atoms with Crippen molar-refractivity contribution in [3.05, 3.63) is 71.4 Å². The van der Waals surface area contributed by atoms with Gasteiger partial charge in [-0.25, -0.2) is 13.1 Å². The second kappa shape index (κ2) is 7.98. The maximum absolute atomic E-state index is 12.8. The van der Waals surface area contributed by atoms with Crippen molar-refractivity contribution < 1.29 is 13.2 Å². The van der Waals surface area contributed by atoms with E-state index in [0.717, 1.165) is 18.5 Å². The zero-order valence-corrected chi connectivity index (χ0v) is 17.0. The van der Waals surface area contributed by atoms with Crippen LogP contribution in [0, 0.1) is 0 Å². The van der Waals surface area contributed by atoms with E-state index in [1.807, 2.05) is 30.3 Å². The lowest BCUT2D eigenvalue weighted by Crippen LogP contribution is -2.28. The van der Waals surface area contributed by atoms with Crippen LogP contribution in [0.15, 0.2) is 65.7 Å². The van der Waals surface area contributed by atoms with Gasteiger partial charge in [-0.1, -0.05) is 29.8 Å². The predicted octanol–water partition coefficient (Wildman–Crippen LogP) is 3.56. The first-order valence-corrected chi connectivity index (χ1v) is 11.0. The van der Waals surface area contributed by atoms with Gasteiger partial charge in [0.2, 0.25) is 10.0 Å². The molecule has 3 aromatic rings. The summed E-state index contributed by atoms with van der Waals surface area (Å²) in [4.78, 5) is 12.8. The Morgan fingerprint density at radius 2 is 1.76 bits per heavy atom. The van der Waals surface area contributed by atoms with E-state index in [2.05, 4.69) is 10.4 Å². The topological polar surface area (TPSA) is 84.3 Å². The molecule has 1 N–H and O–H groups in total. The molecule has 150 valence electrons. The Kier molecular flexibility index (Phi) is 5.40. The average Bonchev–Trinajstić information content (AvgIpc) is 3.41. The number of aromatic nitrogens is 2. The van der Waals surface area contributed by atoms with Crippen molar-refractivity contribution in [1.82, 2.24) is 14.1 Å². The van der Waals surface area contributed by atoms with Crippen LogP contribution >= 0.6 is 11.6 Å². The van der Waals surface area contributed by atoms with E-state index in [1.165, 1.54) is 22.5 Å². The highest BCUT2D eigenvalue weighted by molar-refractivity contribution is 7.89. The molecule has 2 aromatic carbocycles. The number of sulfonamides is 1. The van der Waals surface area contributed by atoms with Gasteiger partial charge >= 0.3 is 0 Å². The zero-order chi connectivity index (χ0) is 20.4. The minimum Gasteiger partial charge on any atom is -0.305 e. The third kappa shape index (κ3) is 4.05. The van der Waals surface area contributed by atoms with Crippen LogP contribution in [0.5, 0.6) is 0 Å². The number of hydrogen-bond donors (Lipinski definition) is 1. The maximum atomic E-state index is 12.8. The number of halogens is 1. The maximum Gasteiger partial charge on any atom is 0.258 e. The van der Waals surface area contributed by atoms with Crippen molar-refractivity contribution in [3.8, 4) is 5.69 Å². The molecule has 1 saturated heterocycles. The Bertz CT molecular complexity index is 1140. The summed E-state index contributed by atoms with van der Waals surface area (Å²) in [6.45, 7) is 0.979. The van der Waals surface area contributed by atoms with E-state index >= 15 is 0 Å². The Hall–Kier alpha value is -2.68. The smallest absolute Gasteiger partial charge is 0.258 e. The molecule has 0 saturated carbocycles. The fourth-order valence-electron chi connectivity index (χ4n) is 3.22.